The molecule has 0 amide bonds. The Labute approximate surface area is 153 Å². The largest absolute Gasteiger partial charge is 0.508 e. The Kier molecular flexibility index (Phi) is 6.58. The number of carbonyl (C=O) groups excluding carboxylic acids is 1. The highest BCUT2D eigenvalue weighted by molar-refractivity contribution is 5.47. The Morgan fingerprint density at radius 2 is 1.46 bits per heavy atom. The van der Waals surface area contributed by atoms with E-state index in [1.807, 2.05) is 51.0 Å². The smallest absolute Gasteiger partial charge is 0.121 e. The Bertz CT molecular complexity index is 696. The van der Waals surface area contributed by atoms with Crippen LogP contribution in [0.15, 0.2) is 54.6 Å². The van der Waals surface area contributed by atoms with Crippen LogP contribution in [0.5, 0.6) is 11.5 Å². The number of benzene rings is 2. The maximum atomic E-state index is 10.9. The van der Waals surface area contributed by atoms with Crippen molar-refractivity contribution in [1.82, 2.24) is 5.48 Å². The molecule has 0 bridgehead atoms. The van der Waals surface area contributed by atoms with Gasteiger partial charge in [0.2, 0.25) is 0 Å². The van der Waals surface area contributed by atoms with Crippen molar-refractivity contribution < 1.29 is 19.8 Å². The van der Waals surface area contributed by atoms with E-state index in [9.17, 15) is 15.0 Å². The number of hydrogen-bond acceptors (Lipinski definition) is 5. The van der Waals surface area contributed by atoms with Crippen molar-refractivity contribution >= 4 is 5.94 Å². The molecule has 2 aromatic carbocycles. The molecule has 0 radical (unpaired) electrons. The molecule has 0 saturated heterocycles. The Balaban J connectivity index is 2.30. The van der Waals surface area contributed by atoms with Crippen LogP contribution < -0.4 is 5.48 Å². The summed E-state index contributed by atoms with van der Waals surface area (Å²) in [5, 5.41) is 19.1. The number of hydroxylamine groups is 1. The molecule has 0 spiro atoms. The molecule has 3 N–H and O–H groups in total. The summed E-state index contributed by atoms with van der Waals surface area (Å²) in [6.07, 6.45) is 1.94. The van der Waals surface area contributed by atoms with Gasteiger partial charge >= 0.3 is 0 Å². The van der Waals surface area contributed by atoms with Crippen LogP contribution in [-0.4, -0.2) is 27.8 Å². The molecule has 0 aliphatic rings. The number of nitrogens with one attached hydrogen (secondary N) is 1. The van der Waals surface area contributed by atoms with Crippen LogP contribution in [-0.2, 0) is 9.63 Å². The van der Waals surface area contributed by atoms with Crippen LogP contribution in [0.2, 0.25) is 0 Å². The zero-order chi connectivity index (χ0) is 19.2. The van der Waals surface area contributed by atoms with Gasteiger partial charge in [0, 0.05) is 12.0 Å². The SMILES string of the molecule is CC(C)(C)ONC(C=C=O)CC(c1ccc(O)cc1)c1ccc(O)cc1. The summed E-state index contributed by atoms with van der Waals surface area (Å²) in [5.74, 6) is 2.15. The highest BCUT2D eigenvalue weighted by atomic mass is 16.7. The first-order chi connectivity index (χ1) is 12.3. The van der Waals surface area contributed by atoms with Crippen molar-refractivity contribution in [3.63, 3.8) is 0 Å². The minimum atomic E-state index is -0.401. The highest BCUT2D eigenvalue weighted by Crippen LogP contribution is 2.31. The zero-order valence-corrected chi connectivity index (χ0v) is 15.3. The summed E-state index contributed by atoms with van der Waals surface area (Å²) >= 11 is 0. The summed E-state index contributed by atoms with van der Waals surface area (Å²) in [6, 6.07) is 13.6. The van der Waals surface area contributed by atoms with Gasteiger partial charge in [0.15, 0.2) is 0 Å². The van der Waals surface area contributed by atoms with Crippen molar-refractivity contribution in [2.45, 2.75) is 44.8 Å². The van der Waals surface area contributed by atoms with Crippen molar-refractivity contribution in [3.8, 4) is 11.5 Å². The normalized spacial score (nSPS) is 12.6. The average Bonchev–Trinajstić information content (AvgIpc) is 2.58. The third-order valence-corrected chi connectivity index (χ3v) is 3.87. The lowest BCUT2D eigenvalue weighted by molar-refractivity contribution is -0.0831. The molecule has 1 atom stereocenters. The van der Waals surface area contributed by atoms with Gasteiger partial charge in [-0.05, 0) is 62.6 Å². The van der Waals surface area contributed by atoms with Crippen LogP contribution in [0.4, 0.5) is 0 Å². The summed E-state index contributed by atoms with van der Waals surface area (Å²) in [7, 11) is 0. The molecule has 26 heavy (non-hydrogen) atoms. The van der Waals surface area contributed by atoms with Gasteiger partial charge in [0.05, 0.1) is 11.6 Å². The fourth-order valence-corrected chi connectivity index (χ4v) is 2.62. The maximum absolute atomic E-state index is 10.9. The van der Waals surface area contributed by atoms with Crippen molar-refractivity contribution in [3.05, 3.63) is 65.7 Å². The highest BCUT2D eigenvalue weighted by Gasteiger charge is 2.21. The van der Waals surface area contributed by atoms with Crippen molar-refractivity contribution in [2.24, 2.45) is 0 Å². The molecule has 0 aliphatic heterocycles. The molecule has 0 aliphatic carbocycles. The molecule has 5 nitrogen and oxygen atoms in total. The van der Waals surface area contributed by atoms with Crippen LogP contribution in [0.25, 0.3) is 0 Å². The van der Waals surface area contributed by atoms with E-state index in [1.54, 1.807) is 24.3 Å². The minimum Gasteiger partial charge on any atom is -0.508 e. The molecule has 5 heteroatoms. The van der Waals surface area contributed by atoms with Crippen molar-refractivity contribution in [2.75, 3.05) is 0 Å². The summed E-state index contributed by atoms with van der Waals surface area (Å²) in [6.45, 7) is 5.75. The predicted octanol–water partition coefficient (Wildman–Crippen LogP) is 3.70. The summed E-state index contributed by atoms with van der Waals surface area (Å²) < 4.78 is 0. The molecule has 0 saturated carbocycles. The molecule has 1 unspecified atom stereocenters. The van der Waals surface area contributed by atoms with Gasteiger partial charge in [-0.25, -0.2) is 4.79 Å². The van der Waals surface area contributed by atoms with Gasteiger partial charge in [-0.15, -0.1) is 0 Å². The second-order valence-corrected chi connectivity index (χ2v) is 7.19. The Morgan fingerprint density at radius 1 is 1.00 bits per heavy atom. The van der Waals surface area contributed by atoms with Crippen molar-refractivity contribution in [1.29, 1.82) is 0 Å². The van der Waals surface area contributed by atoms with E-state index in [0.717, 1.165) is 11.1 Å². The number of aromatic hydroxyl groups is 2. The first-order valence-corrected chi connectivity index (χ1v) is 8.51. The maximum Gasteiger partial charge on any atom is 0.121 e. The predicted molar refractivity (Wildman–Crippen MR) is 101 cm³/mol. The topological polar surface area (TPSA) is 78.8 Å². The standard InChI is InChI=1S/C21H25NO4/c1-21(2,3)26-22-17(12-13-23)14-20(15-4-8-18(24)9-5-15)16-6-10-19(25)11-7-16/h4-12,17,20,22,24-25H,14H2,1-3H3. The fourth-order valence-electron chi connectivity index (χ4n) is 2.62. The second kappa shape index (κ2) is 8.68. The van der Waals surface area contributed by atoms with Gasteiger partial charge in [-0.3, -0.25) is 4.84 Å². The van der Waals surface area contributed by atoms with Gasteiger partial charge < -0.3 is 10.2 Å². The molecule has 2 aromatic rings. The number of phenolic OH excluding ortho intramolecular Hbond substituents is 2. The molecule has 2 rings (SSSR count). The molecule has 138 valence electrons. The molecular weight excluding hydrogens is 330 g/mol. The molecule has 0 heterocycles. The zero-order valence-electron chi connectivity index (χ0n) is 15.3. The lowest BCUT2D eigenvalue weighted by atomic mass is 9.86. The first-order valence-electron chi connectivity index (χ1n) is 8.51. The minimum absolute atomic E-state index is 0.0677. The number of phenols is 2. The number of rotatable bonds is 7. The van der Waals surface area contributed by atoms with E-state index >= 15 is 0 Å². The third kappa shape index (κ3) is 6.05. The molecule has 0 fully saturated rings. The molecule has 0 aromatic heterocycles. The summed E-state index contributed by atoms with van der Waals surface area (Å²) in [4.78, 5) is 16.6. The van der Waals surface area contributed by atoms with E-state index in [0.29, 0.717) is 6.42 Å². The van der Waals surface area contributed by atoms with E-state index in [2.05, 4.69) is 5.48 Å². The van der Waals surface area contributed by atoms with E-state index in [-0.39, 0.29) is 23.5 Å². The first kappa shape index (κ1) is 19.7. The molecular formula is C21H25NO4. The fraction of sp³-hybridized carbons (Fsp3) is 0.333. The van der Waals surface area contributed by atoms with Crippen LogP contribution in [0.1, 0.15) is 44.2 Å². The van der Waals surface area contributed by atoms with Crippen LogP contribution in [0.3, 0.4) is 0 Å². The lowest BCUT2D eigenvalue weighted by Crippen LogP contribution is -2.36. The Morgan fingerprint density at radius 3 is 1.85 bits per heavy atom. The van der Waals surface area contributed by atoms with E-state index < -0.39 is 5.60 Å². The lowest BCUT2D eigenvalue weighted by Gasteiger charge is -2.26. The van der Waals surface area contributed by atoms with Gasteiger partial charge in [-0.1, -0.05) is 24.3 Å². The van der Waals surface area contributed by atoms with Gasteiger partial charge in [-0.2, -0.15) is 5.48 Å². The second-order valence-electron chi connectivity index (χ2n) is 7.19. The van der Waals surface area contributed by atoms with E-state index in [4.69, 9.17) is 4.84 Å². The van der Waals surface area contributed by atoms with Crippen LogP contribution >= 0.6 is 0 Å². The van der Waals surface area contributed by atoms with Gasteiger partial charge in [0.25, 0.3) is 0 Å². The van der Waals surface area contributed by atoms with E-state index in [1.165, 1.54) is 6.08 Å². The third-order valence-electron chi connectivity index (χ3n) is 3.87. The quantitative estimate of drug-likeness (QED) is 0.521. The average molecular weight is 355 g/mol. The van der Waals surface area contributed by atoms with Crippen LogP contribution in [0, 0.1) is 0 Å². The van der Waals surface area contributed by atoms with Gasteiger partial charge in [0.1, 0.15) is 17.4 Å². The summed E-state index contributed by atoms with van der Waals surface area (Å²) in [5.41, 5.74) is 4.50. The number of hydrogen-bond donors (Lipinski definition) is 3. The monoisotopic (exact) mass is 355 g/mol. The Hall–Kier alpha value is -2.59.